The fourth-order valence-corrected chi connectivity index (χ4v) is 9.91. The van der Waals surface area contributed by atoms with Gasteiger partial charge in [0.05, 0.1) is 56.2 Å². The molecule has 0 saturated carbocycles. The van der Waals surface area contributed by atoms with Crippen LogP contribution in [0.3, 0.4) is 0 Å². The number of para-hydroxylation sites is 6. The van der Waals surface area contributed by atoms with E-state index in [-0.39, 0.29) is 0 Å². The zero-order valence-electron chi connectivity index (χ0n) is 33.5. The summed E-state index contributed by atoms with van der Waals surface area (Å²) in [6, 6.07) is 71.4. The molecule has 298 valence electrons. The lowest BCUT2D eigenvalue weighted by molar-refractivity contribution is 0.744. The van der Waals surface area contributed by atoms with Crippen LogP contribution in [0.4, 0.5) is 0 Å². The minimum absolute atomic E-state index is 0.603. The van der Waals surface area contributed by atoms with Gasteiger partial charge in [-0.3, -0.25) is 4.57 Å². The molecule has 0 aliphatic heterocycles. The van der Waals surface area contributed by atoms with E-state index in [1.165, 1.54) is 11.7 Å². The topological polar surface area (TPSA) is 79.1 Å². The third-order valence-corrected chi connectivity index (χ3v) is 12.6. The highest BCUT2D eigenvalue weighted by molar-refractivity contribution is 7.01. The normalized spacial score (nSPS) is 11.8. The molecular formula is C52H34N10S. The first-order valence-electron chi connectivity index (χ1n) is 20.8. The quantitative estimate of drug-likeness (QED) is 0.177. The summed E-state index contributed by atoms with van der Waals surface area (Å²) < 4.78 is 12.9. The number of benzene rings is 8. The van der Waals surface area contributed by atoms with Crippen LogP contribution in [-0.4, -0.2) is 46.1 Å². The van der Waals surface area contributed by atoms with E-state index in [9.17, 15) is 0 Å². The van der Waals surface area contributed by atoms with Gasteiger partial charge in [-0.25, -0.2) is 18.3 Å². The second kappa shape index (κ2) is 14.0. The van der Waals surface area contributed by atoms with Crippen molar-refractivity contribution in [3.05, 3.63) is 206 Å². The summed E-state index contributed by atoms with van der Waals surface area (Å²) in [7, 11) is 0. The summed E-state index contributed by atoms with van der Waals surface area (Å²) in [6.45, 7) is 0. The molecule has 0 aliphatic rings. The first-order chi connectivity index (χ1) is 31.3. The van der Waals surface area contributed by atoms with Crippen LogP contribution >= 0.6 is 11.7 Å². The van der Waals surface area contributed by atoms with Gasteiger partial charge in [-0.15, -0.1) is 9.73 Å². The molecule has 0 atom stereocenters. The highest BCUT2D eigenvalue weighted by atomic mass is 32.1. The Balaban J connectivity index is 1.41. The summed E-state index contributed by atoms with van der Waals surface area (Å²) in [6.07, 6.45) is 0. The largest absolute Gasteiger partial charge is 0.275 e. The van der Waals surface area contributed by atoms with Crippen molar-refractivity contribution in [2.24, 2.45) is 0 Å². The average Bonchev–Trinajstić information content (AvgIpc) is 4.11. The monoisotopic (exact) mass is 830 g/mol. The minimum Gasteiger partial charge on any atom is -0.275 e. The van der Waals surface area contributed by atoms with E-state index in [2.05, 4.69) is 193 Å². The third kappa shape index (κ3) is 5.43. The molecular weight excluding hydrogens is 797 g/mol. The summed E-state index contributed by atoms with van der Waals surface area (Å²) >= 11 is 1.48. The third-order valence-electron chi connectivity index (χ3n) is 11.7. The molecule has 63 heavy (non-hydrogen) atoms. The van der Waals surface area contributed by atoms with Gasteiger partial charge in [0.25, 0.3) is 0 Å². The van der Waals surface area contributed by atoms with Crippen LogP contribution in [0, 0.1) is 0 Å². The van der Waals surface area contributed by atoms with E-state index in [4.69, 9.17) is 20.2 Å². The number of fused-ring (bicyclic) bond motifs is 13. The van der Waals surface area contributed by atoms with Crippen molar-refractivity contribution in [1.82, 2.24) is 46.1 Å². The Kier molecular flexibility index (Phi) is 7.84. The Labute approximate surface area is 362 Å². The molecule has 0 N–H and O–H groups in total. The van der Waals surface area contributed by atoms with Gasteiger partial charge in [-0.1, -0.05) is 146 Å². The van der Waals surface area contributed by atoms with E-state index in [0.29, 0.717) is 11.6 Å². The highest BCUT2D eigenvalue weighted by Gasteiger charge is 2.23. The van der Waals surface area contributed by atoms with Gasteiger partial charge in [-0.05, 0) is 71.8 Å². The standard InChI is InChI=1S/C52H34N10S/c1-3-19-35(20-4-1)37-23-9-15-31-45(37)57-49-39-25-7-11-27-41(39)55-61(49)59-47-33-17-13-29-43(47)53-51(59)58(46-32-16-10-24-38(46)36-21-5-2-6-22-36)52-54-44-30-14-18-34-48(44)60(52)63-62-50(57)40-26-8-12-28-42(40)56-62/h1-34H. The molecule has 10 nitrogen and oxygen atoms in total. The van der Waals surface area contributed by atoms with Crippen molar-refractivity contribution in [3.8, 4) is 33.6 Å². The lowest BCUT2D eigenvalue weighted by atomic mass is 10.0. The number of nitrogens with zero attached hydrogens (tertiary/aromatic N) is 10. The molecule has 11 heteroatoms. The molecule has 0 saturated heterocycles. The fraction of sp³-hybridized carbons (Fsp3) is 0. The van der Waals surface area contributed by atoms with Crippen molar-refractivity contribution in [2.45, 2.75) is 0 Å². The van der Waals surface area contributed by atoms with Crippen molar-refractivity contribution in [2.75, 3.05) is 0 Å². The Bertz CT molecular complexity index is 4050. The van der Waals surface area contributed by atoms with Gasteiger partial charge in [0.1, 0.15) is 0 Å². The molecule has 5 heterocycles. The summed E-state index contributed by atoms with van der Waals surface area (Å²) in [5.41, 5.74) is 12.8. The SMILES string of the molecule is c1ccc(-c2ccccc2-n2c3c4ccccc4nn3sn3c4ccccc4nc3n(-c3ccccc3-c3ccccc3)c3nc4ccccc4n3n3nc4ccccc4c23)cc1. The Morgan fingerprint density at radius 1 is 0.365 bits per heavy atom. The summed E-state index contributed by atoms with van der Waals surface area (Å²) in [4.78, 5) is 11.1. The fourth-order valence-electron chi connectivity index (χ4n) is 8.93. The number of hydrogen-bond acceptors (Lipinski definition) is 5. The maximum absolute atomic E-state index is 5.56. The van der Waals surface area contributed by atoms with E-state index < -0.39 is 0 Å². The van der Waals surface area contributed by atoms with Crippen molar-refractivity contribution < 1.29 is 0 Å². The second-order valence-electron chi connectivity index (χ2n) is 15.4. The Hall–Kier alpha value is -8.54. The molecule has 8 aromatic carbocycles. The summed E-state index contributed by atoms with van der Waals surface area (Å²) in [5, 5.41) is 12.9. The van der Waals surface area contributed by atoms with Crippen LogP contribution in [0.2, 0.25) is 0 Å². The molecule has 0 aliphatic carbocycles. The zero-order chi connectivity index (χ0) is 41.4. The van der Waals surface area contributed by atoms with Crippen LogP contribution in [0.25, 0.3) is 100 Å². The van der Waals surface area contributed by atoms with Gasteiger partial charge in [0.15, 0.2) is 11.3 Å². The Morgan fingerprint density at radius 3 is 1.51 bits per heavy atom. The number of hydrogen-bond donors (Lipinski definition) is 0. The van der Waals surface area contributed by atoms with Crippen LogP contribution in [0.5, 0.6) is 0 Å². The second-order valence-corrected chi connectivity index (χ2v) is 16.2. The lowest BCUT2D eigenvalue weighted by Crippen LogP contribution is -2.10. The Morgan fingerprint density at radius 2 is 0.841 bits per heavy atom. The van der Waals surface area contributed by atoms with Crippen molar-refractivity contribution in [3.63, 3.8) is 0 Å². The smallest absolute Gasteiger partial charge is 0.239 e. The molecule has 0 spiro atoms. The van der Waals surface area contributed by atoms with Gasteiger partial charge in [-0.2, -0.15) is 13.5 Å². The van der Waals surface area contributed by atoms with E-state index >= 15 is 0 Å². The molecule has 13 aromatic rings. The lowest BCUT2D eigenvalue weighted by Gasteiger charge is -2.15. The molecule has 5 aromatic heterocycles. The first-order valence-corrected chi connectivity index (χ1v) is 21.5. The predicted octanol–water partition coefficient (Wildman–Crippen LogP) is 12.1. The summed E-state index contributed by atoms with van der Waals surface area (Å²) in [5.74, 6) is 1.24. The van der Waals surface area contributed by atoms with Gasteiger partial charge >= 0.3 is 0 Å². The molecule has 0 bridgehead atoms. The first kappa shape index (κ1) is 35.2. The van der Waals surface area contributed by atoms with Crippen LogP contribution in [-0.2, 0) is 0 Å². The molecule has 13 rings (SSSR count). The predicted molar refractivity (Wildman–Crippen MR) is 254 cm³/mol. The zero-order valence-corrected chi connectivity index (χ0v) is 34.3. The van der Waals surface area contributed by atoms with E-state index in [1.54, 1.807) is 0 Å². The molecule has 0 fully saturated rings. The molecule has 0 amide bonds. The maximum Gasteiger partial charge on any atom is 0.239 e. The number of rotatable bonds is 4. The van der Waals surface area contributed by atoms with Crippen molar-refractivity contribution in [1.29, 1.82) is 0 Å². The maximum atomic E-state index is 5.56. The van der Waals surface area contributed by atoms with Gasteiger partial charge in [0.2, 0.25) is 11.6 Å². The van der Waals surface area contributed by atoms with E-state index in [1.807, 2.05) is 38.9 Å². The molecule has 0 unspecified atom stereocenters. The van der Waals surface area contributed by atoms with Crippen LogP contribution in [0.15, 0.2) is 206 Å². The highest BCUT2D eigenvalue weighted by Crippen LogP contribution is 2.36. The van der Waals surface area contributed by atoms with Gasteiger partial charge < -0.3 is 0 Å². The van der Waals surface area contributed by atoms with Crippen molar-refractivity contribution >= 4 is 78.5 Å². The molecule has 0 radical (unpaired) electrons. The van der Waals surface area contributed by atoms with Crippen LogP contribution < -0.4 is 0 Å². The minimum atomic E-state index is 0.603. The average molecular weight is 831 g/mol. The van der Waals surface area contributed by atoms with E-state index in [0.717, 1.165) is 88.8 Å². The number of imidazole rings is 2. The number of aromatic nitrogens is 10. The van der Waals surface area contributed by atoms with Gasteiger partial charge in [0, 0.05) is 21.9 Å². The van der Waals surface area contributed by atoms with Crippen LogP contribution in [0.1, 0.15) is 0 Å².